The quantitative estimate of drug-likeness (QED) is 0.684. The van der Waals surface area contributed by atoms with E-state index in [4.69, 9.17) is 0 Å². The zero-order valence-corrected chi connectivity index (χ0v) is 11.2. The van der Waals surface area contributed by atoms with Crippen molar-refractivity contribution >= 4 is 11.8 Å². The van der Waals surface area contributed by atoms with Crippen LogP contribution in [0.3, 0.4) is 0 Å². The van der Waals surface area contributed by atoms with Crippen LogP contribution in [-0.2, 0) is 16.0 Å². The van der Waals surface area contributed by atoms with Crippen molar-refractivity contribution in [2.24, 2.45) is 0 Å². The third-order valence-electron chi connectivity index (χ3n) is 3.50. The molecule has 2 heterocycles. The Morgan fingerprint density at radius 2 is 1.95 bits per heavy atom. The molecule has 1 fully saturated rings. The van der Waals surface area contributed by atoms with E-state index < -0.39 is 29.1 Å². The average molecular weight is 281 g/mol. The number of likely N-dealkylation sites (tertiary alicyclic amines) is 1. The number of H-pyrrole nitrogens is 1. The Labute approximate surface area is 113 Å². The second kappa shape index (κ2) is 4.95. The molecule has 0 aliphatic carbocycles. The van der Waals surface area contributed by atoms with Crippen molar-refractivity contribution in [1.29, 1.82) is 0 Å². The number of likely N-dealkylation sites (N-methyl/N-ethyl adjacent to an activating group) is 1. The molecule has 1 aromatic rings. The Morgan fingerprint density at radius 3 is 2.55 bits per heavy atom. The highest BCUT2D eigenvalue weighted by Gasteiger charge is 2.35. The maximum absolute atomic E-state index is 12.1. The van der Waals surface area contributed by atoms with Crippen molar-refractivity contribution in [3.8, 4) is 5.88 Å². The molecule has 1 aliphatic heterocycles. The minimum Gasteiger partial charge on any atom is -0.494 e. The summed E-state index contributed by atoms with van der Waals surface area (Å²) in [7, 11) is 1.32. The summed E-state index contributed by atoms with van der Waals surface area (Å²) in [6.07, 6.45) is 0.432. The fourth-order valence-corrected chi connectivity index (χ4v) is 2.32. The monoisotopic (exact) mass is 281 g/mol. The first-order chi connectivity index (χ1) is 9.38. The molecule has 1 aromatic heterocycles. The maximum atomic E-state index is 12.1. The van der Waals surface area contributed by atoms with Crippen LogP contribution in [0.2, 0.25) is 0 Å². The lowest BCUT2D eigenvalue weighted by atomic mass is 10.0. The van der Waals surface area contributed by atoms with E-state index >= 15 is 0 Å². The normalized spacial score (nSPS) is 19.5. The number of aromatic nitrogens is 2. The number of rotatable bonds is 2. The SMILES string of the molecule is CCc1c(O)n(C2CCC(=O)N(C)C2=O)c(=O)[nH]c1=O. The molecule has 2 N–H and O–H groups in total. The molecular weight excluding hydrogens is 266 g/mol. The van der Waals surface area contributed by atoms with Gasteiger partial charge in [0.25, 0.3) is 11.5 Å². The number of carbonyl (C=O) groups excluding carboxylic acids is 2. The molecule has 2 amide bonds. The first kappa shape index (κ1) is 14.0. The van der Waals surface area contributed by atoms with Crippen molar-refractivity contribution in [3.63, 3.8) is 0 Å². The van der Waals surface area contributed by atoms with Crippen molar-refractivity contribution < 1.29 is 14.7 Å². The number of aromatic hydroxyl groups is 1. The van der Waals surface area contributed by atoms with Crippen LogP contribution in [0.15, 0.2) is 9.59 Å². The first-order valence-electron chi connectivity index (χ1n) is 6.25. The largest absolute Gasteiger partial charge is 0.494 e. The number of hydrogen-bond donors (Lipinski definition) is 2. The minimum atomic E-state index is -0.979. The molecule has 0 aromatic carbocycles. The Balaban J connectivity index is 2.59. The lowest BCUT2D eigenvalue weighted by Crippen LogP contribution is -2.47. The van der Waals surface area contributed by atoms with Crippen LogP contribution in [0.25, 0.3) is 0 Å². The molecular formula is C12H15N3O5. The lowest BCUT2D eigenvalue weighted by molar-refractivity contribution is -0.149. The summed E-state index contributed by atoms with van der Waals surface area (Å²) in [5.41, 5.74) is -1.48. The van der Waals surface area contributed by atoms with E-state index in [0.29, 0.717) is 0 Å². The van der Waals surface area contributed by atoms with Crippen LogP contribution < -0.4 is 11.2 Å². The zero-order chi connectivity index (χ0) is 15.0. The third-order valence-corrected chi connectivity index (χ3v) is 3.50. The molecule has 8 nitrogen and oxygen atoms in total. The van der Waals surface area contributed by atoms with Gasteiger partial charge in [0.15, 0.2) is 0 Å². The molecule has 1 atom stereocenters. The fourth-order valence-electron chi connectivity index (χ4n) is 2.32. The van der Waals surface area contributed by atoms with Gasteiger partial charge < -0.3 is 5.11 Å². The Morgan fingerprint density at radius 1 is 1.30 bits per heavy atom. The molecule has 0 saturated carbocycles. The van der Waals surface area contributed by atoms with Gasteiger partial charge in [0, 0.05) is 13.5 Å². The zero-order valence-electron chi connectivity index (χ0n) is 11.2. The number of aromatic amines is 1. The van der Waals surface area contributed by atoms with Crippen LogP contribution in [0, 0.1) is 0 Å². The van der Waals surface area contributed by atoms with Gasteiger partial charge >= 0.3 is 5.69 Å². The van der Waals surface area contributed by atoms with Gasteiger partial charge in [-0.15, -0.1) is 0 Å². The fraction of sp³-hybridized carbons (Fsp3) is 0.500. The summed E-state index contributed by atoms with van der Waals surface area (Å²) in [6.45, 7) is 1.65. The van der Waals surface area contributed by atoms with E-state index in [1.807, 2.05) is 0 Å². The van der Waals surface area contributed by atoms with Gasteiger partial charge in [-0.05, 0) is 12.8 Å². The predicted octanol–water partition coefficient (Wildman–Crippen LogP) is -0.875. The van der Waals surface area contributed by atoms with Gasteiger partial charge in [0.05, 0.1) is 5.56 Å². The highest BCUT2D eigenvalue weighted by atomic mass is 16.3. The van der Waals surface area contributed by atoms with Gasteiger partial charge in [-0.2, -0.15) is 0 Å². The lowest BCUT2D eigenvalue weighted by Gasteiger charge is -2.29. The molecule has 0 bridgehead atoms. The van der Waals surface area contributed by atoms with E-state index in [-0.39, 0.29) is 30.7 Å². The summed E-state index contributed by atoms with van der Waals surface area (Å²) < 4.78 is 0.853. The van der Waals surface area contributed by atoms with Crippen molar-refractivity contribution in [1.82, 2.24) is 14.5 Å². The van der Waals surface area contributed by atoms with Crippen molar-refractivity contribution in [2.45, 2.75) is 32.2 Å². The molecule has 8 heteroatoms. The number of piperidine rings is 1. The summed E-state index contributed by atoms with van der Waals surface area (Å²) >= 11 is 0. The second-order valence-electron chi connectivity index (χ2n) is 4.63. The highest BCUT2D eigenvalue weighted by Crippen LogP contribution is 2.25. The second-order valence-corrected chi connectivity index (χ2v) is 4.63. The summed E-state index contributed by atoms with van der Waals surface area (Å²) in [5.74, 6) is -1.42. The van der Waals surface area contributed by atoms with E-state index in [0.717, 1.165) is 9.47 Å². The smallest absolute Gasteiger partial charge is 0.331 e. The Hall–Kier alpha value is -2.38. The molecule has 0 radical (unpaired) electrons. The third kappa shape index (κ3) is 2.02. The van der Waals surface area contributed by atoms with Gasteiger partial charge in [-0.1, -0.05) is 6.92 Å². The Kier molecular flexibility index (Phi) is 3.47. The van der Waals surface area contributed by atoms with Crippen molar-refractivity contribution in [2.75, 3.05) is 7.05 Å². The average Bonchev–Trinajstić information content (AvgIpc) is 2.38. The predicted molar refractivity (Wildman–Crippen MR) is 68.4 cm³/mol. The molecule has 2 rings (SSSR count). The van der Waals surface area contributed by atoms with E-state index in [2.05, 4.69) is 4.98 Å². The number of amides is 2. The number of nitrogens with zero attached hydrogens (tertiary/aromatic N) is 2. The van der Waals surface area contributed by atoms with Crippen LogP contribution in [-0.4, -0.2) is 38.4 Å². The van der Waals surface area contributed by atoms with E-state index in [1.54, 1.807) is 6.92 Å². The molecule has 0 spiro atoms. The number of carbonyl (C=O) groups is 2. The number of nitrogens with one attached hydrogen (secondary N) is 1. The molecule has 1 unspecified atom stereocenters. The molecule has 1 aliphatic rings. The standard InChI is InChI=1S/C12H15N3O5/c1-3-6-9(17)13-12(20)15(10(6)18)7-4-5-8(16)14(2)11(7)19/h7,18H,3-5H2,1-2H3,(H,13,17,20). The topological polar surface area (TPSA) is 112 Å². The first-order valence-corrected chi connectivity index (χ1v) is 6.25. The van der Waals surface area contributed by atoms with E-state index in [1.165, 1.54) is 7.05 Å². The van der Waals surface area contributed by atoms with Crippen LogP contribution in [0.4, 0.5) is 0 Å². The van der Waals surface area contributed by atoms with Crippen LogP contribution >= 0.6 is 0 Å². The van der Waals surface area contributed by atoms with Gasteiger partial charge in [-0.3, -0.25) is 28.8 Å². The minimum absolute atomic E-state index is 0.0388. The number of hydrogen-bond acceptors (Lipinski definition) is 5. The molecule has 1 saturated heterocycles. The summed E-state index contributed by atoms with van der Waals surface area (Å²) in [4.78, 5) is 49.9. The van der Waals surface area contributed by atoms with Crippen LogP contribution in [0.1, 0.15) is 31.4 Å². The van der Waals surface area contributed by atoms with Gasteiger partial charge in [0.1, 0.15) is 6.04 Å². The van der Waals surface area contributed by atoms with Gasteiger partial charge in [-0.25, -0.2) is 4.79 Å². The highest BCUT2D eigenvalue weighted by molar-refractivity contribution is 5.99. The van der Waals surface area contributed by atoms with E-state index in [9.17, 15) is 24.3 Å². The number of imide groups is 1. The maximum Gasteiger partial charge on any atom is 0.331 e. The summed E-state index contributed by atoms with van der Waals surface area (Å²) in [5, 5.41) is 10.1. The van der Waals surface area contributed by atoms with Gasteiger partial charge in [0.2, 0.25) is 11.8 Å². The Bertz CT molecular complexity index is 687. The molecule has 108 valence electrons. The molecule has 20 heavy (non-hydrogen) atoms. The van der Waals surface area contributed by atoms with Crippen LogP contribution in [0.5, 0.6) is 5.88 Å². The summed E-state index contributed by atoms with van der Waals surface area (Å²) in [6, 6.07) is -0.979. The van der Waals surface area contributed by atoms with Crippen molar-refractivity contribution in [3.05, 3.63) is 26.4 Å².